The van der Waals surface area contributed by atoms with Crippen LogP contribution >= 0.6 is 11.3 Å². The van der Waals surface area contributed by atoms with Crippen LogP contribution in [-0.2, 0) is 32.6 Å². The zero-order valence-electron chi connectivity index (χ0n) is 21.2. The standard InChI is InChI=1S/C20H21.C10H12SSi.2ClH.Zr/c1-3-4-6-16-9-11-17(12-10-16)19-8-5-7-18-13-15(2)14-20(18)19;1-6-9-7-4-5-11-8(7)10(6)12(9,2)3;;;/h5,7-14H,3-4,6H2,1-2H3;4-5,9H,1-3H3;2*1H;/q-1;;;;+3/p-2. The van der Waals surface area contributed by atoms with Crippen molar-refractivity contribution in [2.45, 2.75) is 58.7 Å². The summed E-state index contributed by atoms with van der Waals surface area (Å²) in [6.45, 7) is 11.7. The first-order chi connectivity index (χ1) is 15.4. The minimum atomic E-state index is -0.972. The van der Waals surface area contributed by atoms with E-state index in [9.17, 15) is 0 Å². The molecule has 1 aromatic heterocycles. The summed E-state index contributed by atoms with van der Waals surface area (Å²) in [5.74, 6) is 0. The molecular formula is C30H33Cl2SSiZr. The SMILES string of the molecule is CC1=C2c3sccc3C1[Si]2(C)C.CCCCc1ccc(-c2cccc3[cH-]c(C)cc23)cc1.[Cl-].[Cl-].[Zr+3]. The second-order valence-corrected chi connectivity index (χ2v) is 15.5. The minimum Gasteiger partial charge on any atom is -1.00 e. The van der Waals surface area contributed by atoms with Crippen molar-refractivity contribution in [1.82, 2.24) is 0 Å². The molecule has 0 fully saturated rings. The van der Waals surface area contributed by atoms with Gasteiger partial charge in [-0.15, -0.1) is 45.9 Å². The van der Waals surface area contributed by atoms with E-state index >= 15 is 0 Å². The number of unbranched alkanes of at least 4 members (excludes halogenated alkanes) is 1. The van der Waals surface area contributed by atoms with E-state index in [0.29, 0.717) is 0 Å². The largest absolute Gasteiger partial charge is 3.00 e. The third-order valence-electron chi connectivity index (χ3n) is 7.41. The second-order valence-electron chi connectivity index (χ2n) is 10.1. The molecule has 3 aliphatic rings. The van der Waals surface area contributed by atoms with Gasteiger partial charge >= 0.3 is 26.2 Å². The maximum atomic E-state index is 2.51. The summed E-state index contributed by atoms with van der Waals surface area (Å²) in [5, 5.41) is 6.73. The third-order valence-corrected chi connectivity index (χ3v) is 12.7. The summed E-state index contributed by atoms with van der Waals surface area (Å²) in [7, 11) is -0.972. The van der Waals surface area contributed by atoms with E-state index in [1.165, 1.54) is 52.3 Å². The van der Waals surface area contributed by atoms with Crippen LogP contribution in [0.4, 0.5) is 0 Å². The zero-order chi connectivity index (χ0) is 22.5. The Labute approximate surface area is 247 Å². The molecule has 181 valence electrons. The Morgan fingerprint density at radius 2 is 1.69 bits per heavy atom. The van der Waals surface area contributed by atoms with Gasteiger partial charge in [0.15, 0.2) is 0 Å². The van der Waals surface area contributed by atoms with Crippen LogP contribution in [0.15, 0.2) is 71.6 Å². The fourth-order valence-electron chi connectivity index (χ4n) is 5.97. The molecule has 0 N–H and O–H groups in total. The predicted octanol–water partition coefficient (Wildman–Crippen LogP) is 3.30. The van der Waals surface area contributed by atoms with Crippen molar-refractivity contribution in [1.29, 1.82) is 0 Å². The summed E-state index contributed by atoms with van der Waals surface area (Å²) in [4.78, 5) is 1.63. The van der Waals surface area contributed by atoms with Crippen LogP contribution in [0, 0.1) is 6.92 Å². The normalized spacial score (nSPS) is 16.2. The van der Waals surface area contributed by atoms with Gasteiger partial charge in [-0.1, -0.05) is 74.8 Å². The van der Waals surface area contributed by atoms with Gasteiger partial charge in [0.2, 0.25) is 0 Å². The Kier molecular flexibility index (Phi) is 10.5. The van der Waals surface area contributed by atoms with Crippen molar-refractivity contribution < 1.29 is 51.0 Å². The van der Waals surface area contributed by atoms with Gasteiger partial charge in [-0.25, -0.2) is 0 Å². The molecule has 0 saturated heterocycles. The molecule has 35 heavy (non-hydrogen) atoms. The molecule has 4 aromatic rings. The molecule has 1 atom stereocenters. The maximum Gasteiger partial charge on any atom is 3.00 e. The molecule has 1 radical (unpaired) electrons. The average Bonchev–Trinajstić information content (AvgIpc) is 3.49. The van der Waals surface area contributed by atoms with Gasteiger partial charge in [0, 0.05) is 10.4 Å². The summed E-state index contributed by atoms with van der Waals surface area (Å²) in [5.41, 5.74) is 9.68. The van der Waals surface area contributed by atoms with E-state index in [2.05, 4.69) is 99.9 Å². The molecule has 3 aromatic carbocycles. The van der Waals surface area contributed by atoms with Gasteiger partial charge in [-0.2, -0.15) is 6.07 Å². The number of hydrogen-bond donors (Lipinski definition) is 0. The van der Waals surface area contributed by atoms with Gasteiger partial charge in [0.05, 0.1) is 8.07 Å². The van der Waals surface area contributed by atoms with Crippen LogP contribution in [0.3, 0.4) is 0 Å². The number of rotatable bonds is 4. The quantitative estimate of drug-likeness (QED) is 0.244. The average molecular weight is 616 g/mol. The van der Waals surface area contributed by atoms with Gasteiger partial charge in [-0.05, 0) is 53.1 Å². The number of allylic oxidation sites excluding steroid dienone is 1. The van der Waals surface area contributed by atoms with Crippen LogP contribution in [-0.4, -0.2) is 8.07 Å². The minimum absolute atomic E-state index is 0. The molecule has 3 heterocycles. The van der Waals surface area contributed by atoms with Crippen molar-refractivity contribution in [2.75, 3.05) is 0 Å². The summed E-state index contributed by atoms with van der Waals surface area (Å²) >= 11 is 1.94. The molecule has 0 saturated carbocycles. The second kappa shape index (κ2) is 12.1. The number of benzene rings is 2. The number of halogens is 2. The van der Waals surface area contributed by atoms with Gasteiger partial charge in [-0.3, -0.25) is 0 Å². The molecule has 1 unspecified atom stereocenters. The summed E-state index contributed by atoms with van der Waals surface area (Å²) in [6.07, 6.45) is 3.72. The van der Waals surface area contributed by atoms with Crippen LogP contribution in [0.2, 0.25) is 13.1 Å². The van der Waals surface area contributed by atoms with E-state index in [0.717, 1.165) is 5.54 Å². The molecule has 2 bridgehead atoms. The van der Waals surface area contributed by atoms with Gasteiger partial charge < -0.3 is 24.8 Å². The monoisotopic (exact) mass is 613 g/mol. The zero-order valence-corrected chi connectivity index (χ0v) is 27.0. The molecule has 5 heteroatoms. The Morgan fingerprint density at radius 1 is 0.971 bits per heavy atom. The Bertz CT molecular complexity index is 1310. The fraction of sp³-hybridized carbons (Fsp3) is 0.300. The first-order valence-electron chi connectivity index (χ1n) is 12.0. The summed E-state index contributed by atoms with van der Waals surface area (Å²) in [6, 6.07) is 22.5. The van der Waals surface area contributed by atoms with E-state index in [1.54, 1.807) is 21.2 Å². The number of aryl methyl sites for hydroxylation is 2. The Balaban J connectivity index is 0.000000249. The van der Waals surface area contributed by atoms with Gasteiger partial charge in [0.25, 0.3) is 0 Å². The smallest absolute Gasteiger partial charge is 1.00 e. The number of fused-ring (bicyclic) bond motifs is 1. The first kappa shape index (κ1) is 30.4. The van der Waals surface area contributed by atoms with Crippen molar-refractivity contribution in [3.8, 4) is 11.1 Å². The van der Waals surface area contributed by atoms with Crippen molar-refractivity contribution in [3.05, 3.63) is 93.2 Å². The number of hydrogen-bond acceptors (Lipinski definition) is 1. The Morgan fingerprint density at radius 3 is 2.31 bits per heavy atom. The predicted molar refractivity (Wildman–Crippen MR) is 145 cm³/mol. The van der Waals surface area contributed by atoms with E-state index in [-0.39, 0.29) is 51.0 Å². The first-order valence-corrected chi connectivity index (χ1v) is 15.9. The molecule has 0 amide bonds. The molecule has 2 aliphatic heterocycles. The van der Waals surface area contributed by atoms with Crippen LogP contribution in [0.5, 0.6) is 0 Å². The summed E-state index contributed by atoms with van der Waals surface area (Å²) < 4.78 is 0. The molecule has 0 nitrogen and oxygen atoms in total. The van der Waals surface area contributed by atoms with Crippen molar-refractivity contribution in [2.24, 2.45) is 0 Å². The van der Waals surface area contributed by atoms with Crippen molar-refractivity contribution in [3.63, 3.8) is 0 Å². The number of thiophene rings is 1. The topological polar surface area (TPSA) is 0 Å². The molecule has 1 aliphatic carbocycles. The molecule has 0 spiro atoms. The maximum absolute atomic E-state index is 2.51. The van der Waals surface area contributed by atoms with Crippen LogP contribution < -0.4 is 24.8 Å². The van der Waals surface area contributed by atoms with Crippen molar-refractivity contribution >= 4 is 35.4 Å². The fourth-order valence-corrected chi connectivity index (χ4v) is 12.2. The molecular weight excluding hydrogens is 583 g/mol. The van der Waals surface area contributed by atoms with E-state index in [1.807, 2.05) is 11.3 Å². The van der Waals surface area contributed by atoms with Crippen LogP contribution in [0.25, 0.3) is 27.1 Å². The van der Waals surface area contributed by atoms with Gasteiger partial charge in [0.1, 0.15) is 0 Å². The van der Waals surface area contributed by atoms with E-state index < -0.39 is 8.07 Å². The van der Waals surface area contributed by atoms with E-state index in [4.69, 9.17) is 0 Å². The third kappa shape index (κ3) is 5.41. The Hall–Kier alpha value is -0.830. The molecule has 7 rings (SSSR count). The van der Waals surface area contributed by atoms with Crippen LogP contribution in [0.1, 0.15) is 53.8 Å².